The highest BCUT2D eigenvalue weighted by Gasteiger charge is 2.00. The van der Waals surface area contributed by atoms with Gasteiger partial charge in [0.2, 0.25) is 0 Å². The molecule has 0 amide bonds. The fourth-order valence-electron chi connectivity index (χ4n) is 2.29. The van der Waals surface area contributed by atoms with E-state index in [9.17, 15) is 4.79 Å². The molecule has 0 fully saturated rings. The standard InChI is InChI=1S/C21H23BrO2/c22-16-6-1-2-7-17-24-20-13-10-18(11-14-20)12-15-21(23)19-8-4-3-5-9-19/h3-5,8-15H,1-2,6-7,16-17H2/b15-12+. The first kappa shape index (κ1) is 18.5. The minimum absolute atomic E-state index is 0.0133. The molecule has 0 saturated carbocycles. The summed E-state index contributed by atoms with van der Waals surface area (Å²) in [5.74, 6) is 0.890. The van der Waals surface area contributed by atoms with Crippen LogP contribution < -0.4 is 4.74 Å². The molecule has 2 nitrogen and oxygen atoms in total. The third kappa shape index (κ3) is 6.71. The number of carbonyl (C=O) groups is 1. The SMILES string of the molecule is O=C(/C=C/c1ccc(OCCCCCCBr)cc1)c1ccccc1. The number of alkyl halides is 1. The van der Waals surface area contributed by atoms with Crippen LogP contribution in [0.15, 0.2) is 60.7 Å². The number of hydrogen-bond donors (Lipinski definition) is 0. The van der Waals surface area contributed by atoms with E-state index in [1.807, 2.05) is 60.7 Å². The van der Waals surface area contributed by atoms with Gasteiger partial charge in [-0.25, -0.2) is 0 Å². The molecule has 0 heterocycles. The molecule has 126 valence electrons. The normalized spacial score (nSPS) is 10.9. The second kappa shape index (κ2) is 10.8. The first-order chi connectivity index (χ1) is 11.8. The van der Waals surface area contributed by atoms with E-state index in [1.165, 1.54) is 19.3 Å². The van der Waals surface area contributed by atoms with Gasteiger partial charge >= 0.3 is 0 Å². The summed E-state index contributed by atoms with van der Waals surface area (Å²) in [7, 11) is 0. The Balaban J connectivity index is 1.77. The third-order valence-corrected chi connectivity index (χ3v) is 4.22. The Morgan fingerprint density at radius 1 is 0.917 bits per heavy atom. The molecule has 0 radical (unpaired) electrons. The molecule has 0 atom stereocenters. The lowest BCUT2D eigenvalue weighted by atomic mass is 10.1. The molecule has 0 aliphatic rings. The molecule has 3 heteroatoms. The lowest BCUT2D eigenvalue weighted by molar-refractivity contribution is 0.104. The largest absolute Gasteiger partial charge is 0.494 e. The Hall–Kier alpha value is -1.87. The van der Waals surface area contributed by atoms with Gasteiger partial charge in [0.15, 0.2) is 5.78 Å². The van der Waals surface area contributed by atoms with Crippen molar-refractivity contribution in [2.24, 2.45) is 0 Å². The number of unbranched alkanes of at least 4 members (excludes halogenated alkanes) is 3. The smallest absolute Gasteiger partial charge is 0.185 e. The number of ether oxygens (including phenoxy) is 1. The lowest BCUT2D eigenvalue weighted by Gasteiger charge is -2.06. The number of halogens is 1. The first-order valence-electron chi connectivity index (χ1n) is 8.36. The van der Waals surface area contributed by atoms with Crippen LogP contribution >= 0.6 is 15.9 Å². The quantitative estimate of drug-likeness (QED) is 0.219. The van der Waals surface area contributed by atoms with E-state index in [-0.39, 0.29) is 5.78 Å². The van der Waals surface area contributed by atoms with Crippen molar-refractivity contribution in [3.8, 4) is 5.75 Å². The first-order valence-corrected chi connectivity index (χ1v) is 9.48. The van der Waals surface area contributed by atoms with Crippen molar-refractivity contribution in [3.05, 3.63) is 71.8 Å². The number of rotatable bonds is 10. The molecule has 0 aromatic heterocycles. The predicted octanol–water partition coefficient (Wildman–Crippen LogP) is 5.92. The maximum Gasteiger partial charge on any atom is 0.185 e. The van der Waals surface area contributed by atoms with Crippen LogP contribution in [0.1, 0.15) is 41.6 Å². The highest BCUT2D eigenvalue weighted by atomic mass is 79.9. The van der Waals surface area contributed by atoms with Crippen LogP contribution in [0.5, 0.6) is 5.75 Å². The van der Waals surface area contributed by atoms with Gasteiger partial charge in [-0.05, 0) is 36.6 Å². The van der Waals surface area contributed by atoms with Crippen LogP contribution in [0.3, 0.4) is 0 Å². The summed E-state index contributed by atoms with van der Waals surface area (Å²) < 4.78 is 5.73. The number of hydrogen-bond acceptors (Lipinski definition) is 2. The Morgan fingerprint density at radius 3 is 2.33 bits per heavy atom. The number of benzene rings is 2. The van der Waals surface area contributed by atoms with Crippen molar-refractivity contribution in [1.82, 2.24) is 0 Å². The highest BCUT2D eigenvalue weighted by molar-refractivity contribution is 9.09. The topological polar surface area (TPSA) is 26.3 Å². The van der Waals surface area contributed by atoms with Crippen molar-refractivity contribution in [3.63, 3.8) is 0 Å². The van der Waals surface area contributed by atoms with Crippen LogP contribution in [0.2, 0.25) is 0 Å². The van der Waals surface area contributed by atoms with Gasteiger partial charge in [-0.2, -0.15) is 0 Å². The third-order valence-electron chi connectivity index (χ3n) is 3.66. The zero-order valence-corrected chi connectivity index (χ0v) is 15.4. The van der Waals surface area contributed by atoms with Gasteiger partial charge in [0.05, 0.1) is 6.61 Å². The van der Waals surface area contributed by atoms with Gasteiger partial charge in [0.1, 0.15) is 5.75 Å². The molecular weight excluding hydrogens is 364 g/mol. The number of ketones is 1. The summed E-state index contributed by atoms with van der Waals surface area (Å²) >= 11 is 3.44. The molecule has 2 aromatic rings. The van der Waals surface area contributed by atoms with E-state index in [4.69, 9.17) is 4.74 Å². The predicted molar refractivity (Wildman–Crippen MR) is 104 cm³/mol. The average molecular weight is 387 g/mol. The molecule has 0 aliphatic heterocycles. The van der Waals surface area contributed by atoms with Gasteiger partial charge in [-0.1, -0.05) is 77.3 Å². The van der Waals surface area contributed by atoms with E-state index in [2.05, 4.69) is 15.9 Å². The van der Waals surface area contributed by atoms with Gasteiger partial charge in [-0.15, -0.1) is 0 Å². The molecule has 0 saturated heterocycles. The molecule has 2 rings (SSSR count). The molecule has 0 bridgehead atoms. The highest BCUT2D eigenvalue weighted by Crippen LogP contribution is 2.14. The van der Waals surface area contributed by atoms with Gasteiger partial charge in [-0.3, -0.25) is 4.79 Å². The van der Waals surface area contributed by atoms with Crippen molar-refractivity contribution < 1.29 is 9.53 Å². The Bertz CT molecular complexity index is 633. The second-order valence-electron chi connectivity index (χ2n) is 5.58. The van der Waals surface area contributed by atoms with Crippen molar-refractivity contribution in [2.45, 2.75) is 25.7 Å². The molecule has 24 heavy (non-hydrogen) atoms. The summed E-state index contributed by atoms with van der Waals surface area (Å²) in [6.07, 6.45) is 8.19. The van der Waals surface area contributed by atoms with Crippen molar-refractivity contribution in [1.29, 1.82) is 0 Å². The maximum absolute atomic E-state index is 12.0. The van der Waals surface area contributed by atoms with Crippen LogP contribution in [-0.2, 0) is 0 Å². The summed E-state index contributed by atoms with van der Waals surface area (Å²) in [5, 5.41) is 1.08. The zero-order valence-electron chi connectivity index (χ0n) is 13.8. The van der Waals surface area contributed by atoms with Gasteiger partial charge in [0.25, 0.3) is 0 Å². The second-order valence-corrected chi connectivity index (χ2v) is 6.38. The molecular formula is C21H23BrO2. The molecule has 0 aliphatic carbocycles. The average Bonchev–Trinajstić information content (AvgIpc) is 2.64. The number of allylic oxidation sites excluding steroid dienone is 1. The molecule has 0 N–H and O–H groups in total. The Labute approximate surface area is 152 Å². The lowest BCUT2D eigenvalue weighted by Crippen LogP contribution is -1.97. The monoisotopic (exact) mass is 386 g/mol. The minimum atomic E-state index is 0.0133. The van der Waals surface area contributed by atoms with E-state index in [0.29, 0.717) is 5.56 Å². The summed E-state index contributed by atoms with van der Waals surface area (Å²) in [6.45, 7) is 0.754. The molecule has 0 spiro atoms. The fourth-order valence-corrected chi connectivity index (χ4v) is 2.68. The fraction of sp³-hybridized carbons (Fsp3) is 0.286. The Kier molecular flexibility index (Phi) is 8.33. The van der Waals surface area contributed by atoms with Crippen LogP contribution in [-0.4, -0.2) is 17.7 Å². The summed E-state index contributed by atoms with van der Waals surface area (Å²) in [4.78, 5) is 12.0. The Morgan fingerprint density at radius 2 is 1.62 bits per heavy atom. The van der Waals surface area contributed by atoms with Crippen molar-refractivity contribution >= 4 is 27.8 Å². The van der Waals surface area contributed by atoms with Gasteiger partial charge in [0, 0.05) is 10.9 Å². The summed E-state index contributed by atoms with van der Waals surface area (Å²) in [5.41, 5.74) is 1.69. The van der Waals surface area contributed by atoms with E-state index >= 15 is 0 Å². The molecule has 2 aromatic carbocycles. The van der Waals surface area contributed by atoms with E-state index in [1.54, 1.807) is 6.08 Å². The van der Waals surface area contributed by atoms with Crippen molar-refractivity contribution in [2.75, 3.05) is 11.9 Å². The minimum Gasteiger partial charge on any atom is -0.494 e. The summed E-state index contributed by atoms with van der Waals surface area (Å²) in [6, 6.07) is 17.1. The van der Waals surface area contributed by atoms with Crippen LogP contribution in [0, 0.1) is 0 Å². The van der Waals surface area contributed by atoms with Crippen LogP contribution in [0.4, 0.5) is 0 Å². The van der Waals surface area contributed by atoms with Crippen LogP contribution in [0.25, 0.3) is 6.08 Å². The maximum atomic E-state index is 12.0. The van der Waals surface area contributed by atoms with Gasteiger partial charge < -0.3 is 4.74 Å². The number of carbonyl (C=O) groups excluding carboxylic acids is 1. The zero-order chi connectivity index (χ0) is 17.0. The molecule has 0 unspecified atom stereocenters. The van der Waals surface area contributed by atoms with E-state index in [0.717, 1.165) is 29.7 Å². The van der Waals surface area contributed by atoms with E-state index < -0.39 is 0 Å².